The second-order valence-electron chi connectivity index (χ2n) is 8.12. The summed E-state index contributed by atoms with van der Waals surface area (Å²) >= 11 is 0. The van der Waals surface area contributed by atoms with Gasteiger partial charge in [0.2, 0.25) is 5.91 Å². The van der Waals surface area contributed by atoms with E-state index in [1.165, 1.54) is 6.20 Å². The molecular formula is C23H23F3N6O. The first-order chi connectivity index (χ1) is 15.7. The summed E-state index contributed by atoms with van der Waals surface area (Å²) < 4.78 is 39.3. The largest absolute Gasteiger partial charge is 0.417 e. The van der Waals surface area contributed by atoms with Crippen molar-refractivity contribution in [2.75, 3.05) is 11.9 Å². The van der Waals surface area contributed by atoms with Gasteiger partial charge in [-0.2, -0.15) is 13.2 Å². The average Bonchev–Trinajstić information content (AvgIpc) is 2.79. The molecule has 1 aliphatic heterocycles. The van der Waals surface area contributed by atoms with Crippen molar-refractivity contribution in [3.63, 3.8) is 0 Å². The van der Waals surface area contributed by atoms with Crippen LogP contribution in [-0.2, 0) is 11.0 Å². The number of amides is 1. The van der Waals surface area contributed by atoms with Crippen molar-refractivity contribution in [2.45, 2.75) is 44.8 Å². The Morgan fingerprint density at radius 1 is 1.12 bits per heavy atom. The first kappa shape index (κ1) is 22.6. The summed E-state index contributed by atoms with van der Waals surface area (Å²) in [7, 11) is 0. The molecule has 10 heteroatoms. The van der Waals surface area contributed by atoms with Gasteiger partial charge in [-0.15, -0.1) is 0 Å². The number of pyridine rings is 2. The fraction of sp³-hybridized carbons (Fsp3) is 0.348. The Hall–Kier alpha value is -3.56. The molecule has 33 heavy (non-hydrogen) atoms. The van der Waals surface area contributed by atoms with E-state index in [1.54, 1.807) is 36.4 Å². The van der Waals surface area contributed by atoms with E-state index < -0.39 is 11.7 Å². The van der Waals surface area contributed by atoms with E-state index >= 15 is 0 Å². The maximum atomic E-state index is 13.1. The van der Waals surface area contributed by atoms with Crippen LogP contribution in [0.15, 0.2) is 49.1 Å². The number of anilines is 2. The number of aromatic nitrogens is 4. The smallest absolute Gasteiger partial charge is 0.340 e. The van der Waals surface area contributed by atoms with Gasteiger partial charge in [0, 0.05) is 55.6 Å². The molecule has 4 heterocycles. The standard InChI is InChI=1S/C23H23F3N6O/c1-14-5-6-17(13-32(14)15(2)33)22-30-20(16-4-3-7-27-10-16)9-21(31-22)29-19-8-18(11-28-12-19)23(24,25)26/h3-4,7-12,14,17H,5-6,13H2,1-2H3,(H,29,30,31)/t14-,17+/m0/s1. The first-order valence-corrected chi connectivity index (χ1v) is 10.6. The van der Waals surface area contributed by atoms with Crippen LogP contribution < -0.4 is 5.32 Å². The fourth-order valence-corrected chi connectivity index (χ4v) is 3.94. The molecule has 0 radical (unpaired) electrons. The van der Waals surface area contributed by atoms with Crippen LogP contribution in [0.4, 0.5) is 24.7 Å². The Morgan fingerprint density at radius 3 is 2.64 bits per heavy atom. The number of hydrogen-bond acceptors (Lipinski definition) is 6. The van der Waals surface area contributed by atoms with E-state index in [-0.39, 0.29) is 23.6 Å². The molecule has 3 aromatic rings. The van der Waals surface area contributed by atoms with Gasteiger partial charge in [0.25, 0.3) is 0 Å². The van der Waals surface area contributed by atoms with Gasteiger partial charge in [0.15, 0.2) is 0 Å². The first-order valence-electron chi connectivity index (χ1n) is 10.6. The Labute approximate surface area is 189 Å². The molecule has 7 nitrogen and oxygen atoms in total. The summed E-state index contributed by atoms with van der Waals surface area (Å²) in [6.45, 7) is 4.04. The lowest BCUT2D eigenvalue weighted by Gasteiger charge is -2.37. The lowest BCUT2D eigenvalue weighted by molar-refractivity contribution is -0.137. The van der Waals surface area contributed by atoms with E-state index in [4.69, 9.17) is 4.98 Å². The minimum atomic E-state index is -4.50. The molecule has 4 rings (SSSR count). The highest BCUT2D eigenvalue weighted by Crippen LogP contribution is 2.33. The molecule has 3 aromatic heterocycles. The van der Waals surface area contributed by atoms with Gasteiger partial charge in [-0.25, -0.2) is 9.97 Å². The van der Waals surface area contributed by atoms with E-state index in [0.717, 1.165) is 30.7 Å². The molecule has 1 N–H and O–H groups in total. The van der Waals surface area contributed by atoms with Gasteiger partial charge in [-0.3, -0.25) is 14.8 Å². The quantitative estimate of drug-likeness (QED) is 0.607. The number of nitrogens with zero attached hydrogens (tertiary/aromatic N) is 5. The van der Waals surface area contributed by atoms with Crippen molar-refractivity contribution < 1.29 is 18.0 Å². The number of piperidine rings is 1. The second-order valence-corrected chi connectivity index (χ2v) is 8.12. The third-order valence-corrected chi connectivity index (χ3v) is 5.69. The summed E-state index contributed by atoms with van der Waals surface area (Å²) in [5, 5.41) is 2.93. The third-order valence-electron chi connectivity index (χ3n) is 5.69. The third kappa shape index (κ3) is 5.27. The van der Waals surface area contributed by atoms with Crippen LogP contribution in [0.25, 0.3) is 11.3 Å². The predicted molar refractivity (Wildman–Crippen MR) is 117 cm³/mol. The van der Waals surface area contributed by atoms with Crippen LogP contribution >= 0.6 is 0 Å². The van der Waals surface area contributed by atoms with Gasteiger partial charge in [-0.05, 0) is 38.0 Å². The van der Waals surface area contributed by atoms with Crippen LogP contribution in [0.5, 0.6) is 0 Å². The molecule has 0 saturated carbocycles. The van der Waals surface area contributed by atoms with Crippen molar-refractivity contribution in [1.29, 1.82) is 0 Å². The van der Waals surface area contributed by atoms with Crippen LogP contribution in [0.3, 0.4) is 0 Å². The second kappa shape index (κ2) is 9.13. The molecule has 0 aliphatic carbocycles. The highest BCUT2D eigenvalue weighted by atomic mass is 19.4. The van der Waals surface area contributed by atoms with Crippen molar-refractivity contribution in [3.05, 3.63) is 60.4 Å². The minimum absolute atomic E-state index is 0.0102. The van der Waals surface area contributed by atoms with E-state index in [9.17, 15) is 18.0 Å². The lowest BCUT2D eigenvalue weighted by atomic mass is 9.92. The van der Waals surface area contributed by atoms with Crippen LogP contribution in [0, 0.1) is 0 Å². The molecule has 0 bridgehead atoms. The summed E-state index contributed by atoms with van der Waals surface area (Å²) in [4.78, 5) is 31.0. The predicted octanol–water partition coefficient (Wildman–Crippen LogP) is 4.81. The Balaban J connectivity index is 1.71. The van der Waals surface area contributed by atoms with Crippen LogP contribution in [0.2, 0.25) is 0 Å². The zero-order valence-electron chi connectivity index (χ0n) is 18.2. The number of likely N-dealkylation sites (tertiary alicyclic amines) is 1. The molecule has 2 atom stereocenters. The lowest BCUT2D eigenvalue weighted by Crippen LogP contribution is -2.44. The zero-order chi connectivity index (χ0) is 23.6. The molecule has 0 unspecified atom stereocenters. The molecule has 1 fully saturated rings. The van der Waals surface area contributed by atoms with E-state index in [0.29, 0.717) is 23.9 Å². The van der Waals surface area contributed by atoms with Crippen LogP contribution in [-0.4, -0.2) is 43.3 Å². The number of halogens is 3. The Bertz CT molecular complexity index is 1140. The zero-order valence-corrected chi connectivity index (χ0v) is 18.2. The highest BCUT2D eigenvalue weighted by molar-refractivity contribution is 5.73. The molecule has 1 aliphatic rings. The molecule has 0 spiro atoms. The number of alkyl halides is 3. The number of carbonyl (C=O) groups excluding carboxylic acids is 1. The molecule has 1 saturated heterocycles. The van der Waals surface area contributed by atoms with Crippen molar-refractivity contribution >= 4 is 17.4 Å². The maximum Gasteiger partial charge on any atom is 0.417 e. The van der Waals surface area contributed by atoms with Crippen LogP contribution in [0.1, 0.15) is 44.0 Å². The van der Waals surface area contributed by atoms with E-state index in [1.807, 2.05) is 13.0 Å². The number of nitrogens with one attached hydrogen (secondary N) is 1. The number of hydrogen-bond donors (Lipinski definition) is 1. The summed E-state index contributed by atoms with van der Waals surface area (Å²) in [6, 6.07) is 6.40. The Kier molecular flexibility index (Phi) is 6.26. The topological polar surface area (TPSA) is 83.9 Å². The average molecular weight is 456 g/mol. The maximum absolute atomic E-state index is 13.1. The monoisotopic (exact) mass is 456 g/mol. The van der Waals surface area contributed by atoms with Crippen molar-refractivity contribution in [2.24, 2.45) is 0 Å². The number of carbonyl (C=O) groups is 1. The van der Waals surface area contributed by atoms with Crippen molar-refractivity contribution in [1.82, 2.24) is 24.8 Å². The van der Waals surface area contributed by atoms with Gasteiger partial charge in [0.05, 0.1) is 23.1 Å². The summed E-state index contributed by atoms with van der Waals surface area (Å²) in [5.41, 5.74) is 0.643. The van der Waals surface area contributed by atoms with Gasteiger partial charge < -0.3 is 10.2 Å². The minimum Gasteiger partial charge on any atom is -0.340 e. The Morgan fingerprint density at radius 2 is 1.94 bits per heavy atom. The summed E-state index contributed by atoms with van der Waals surface area (Å²) in [5.74, 6) is 0.760. The van der Waals surface area contributed by atoms with Gasteiger partial charge >= 0.3 is 6.18 Å². The summed E-state index contributed by atoms with van der Waals surface area (Å²) in [6.07, 6.45) is 2.49. The SMILES string of the molecule is CC(=O)N1C[C@H](c2nc(Nc3cncc(C(F)(F)F)c3)cc(-c3cccnc3)n2)CC[C@@H]1C. The van der Waals surface area contributed by atoms with Crippen molar-refractivity contribution in [3.8, 4) is 11.3 Å². The van der Waals surface area contributed by atoms with E-state index in [2.05, 4.69) is 20.3 Å². The normalized spacial score (nSPS) is 18.8. The fourth-order valence-electron chi connectivity index (χ4n) is 3.94. The highest BCUT2D eigenvalue weighted by Gasteiger charge is 2.32. The molecule has 172 valence electrons. The van der Waals surface area contributed by atoms with Gasteiger partial charge in [0.1, 0.15) is 11.6 Å². The molecule has 1 amide bonds. The molecular weight excluding hydrogens is 433 g/mol. The number of rotatable bonds is 4. The van der Waals surface area contributed by atoms with Gasteiger partial charge in [-0.1, -0.05) is 0 Å². The molecule has 0 aromatic carbocycles.